The average Bonchev–Trinajstić information content (AvgIpc) is 2.61. The number of halogens is 2. The summed E-state index contributed by atoms with van der Waals surface area (Å²) in [6.07, 6.45) is 2.93. The Kier molecular flexibility index (Phi) is 2.80. The van der Waals surface area contributed by atoms with Gasteiger partial charge >= 0.3 is 6.03 Å². The second kappa shape index (κ2) is 4.36. The van der Waals surface area contributed by atoms with E-state index in [2.05, 4.69) is 4.99 Å². The minimum atomic E-state index is -0.430. The van der Waals surface area contributed by atoms with Gasteiger partial charge in [0.15, 0.2) is 0 Å². The average molecular weight is 296 g/mol. The maximum atomic E-state index is 12.2. The molecule has 5 nitrogen and oxygen atoms in total. The molecule has 0 atom stereocenters. The van der Waals surface area contributed by atoms with Crippen LogP contribution in [0.3, 0.4) is 0 Å². The summed E-state index contributed by atoms with van der Waals surface area (Å²) < 4.78 is 0. The number of nitrogens with zero attached hydrogens (tertiary/aromatic N) is 3. The third-order valence-electron chi connectivity index (χ3n) is 2.81. The van der Waals surface area contributed by atoms with E-state index >= 15 is 0 Å². The van der Waals surface area contributed by atoms with Crippen molar-refractivity contribution in [3.05, 3.63) is 40.1 Å². The van der Waals surface area contributed by atoms with Crippen LogP contribution < -0.4 is 4.90 Å². The minimum Gasteiger partial charge on any atom is -0.282 e. The first-order valence-electron chi connectivity index (χ1n) is 5.42. The smallest absolute Gasteiger partial charge is 0.282 e. The van der Waals surface area contributed by atoms with Crippen LogP contribution in [0.25, 0.3) is 0 Å². The van der Waals surface area contributed by atoms with Gasteiger partial charge in [0.05, 0.1) is 18.4 Å². The zero-order valence-electron chi connectivity index (χ0n) is 9.51. The van der Waals surface area contributed by atoms with Crippen LogP contribution in [-0.4, -0.2) is 29.6 Å². The van der Waals surface area contributed by atoms with E-state index in [1.54, 1.807) is 6.21 Å². The summed E-state index contributed by atoms with van der Waals surface area (Å²) in [4.78, 5) is 30.7. The number of carbonyl (C=O) groups excluding carboxylic acids is 2. The number of hydrogen-bond donors (Lipinski definition) is 0. The summed E-state index contributed by atoms with van der Waals surface area (Å²) in [5.74, 6) is -0.430. The summed E-state index contributed by atoms with van der Waals surface area (Å²) in [5, 5.41) is 0.719. The number of rotatable bonds is 1. The Hall–Kier alpha value is -1.85. The Balaban J connectivity index is 2.07. The zero-order chi connectivity index (χ0) is 13.6. The van der Waals surface area contributed by atoms with Gasteiger partial charge in [0.2, 0.25) is 0 Å². The van der Waals surface area contributed by atoms with Crippen molar-refractivity contribution in [3.8, 4) is 0 Å². The molecule has 1 aromatic rings. The maximum absolute atomic E-state index is 12.2. The SMILES string of the molecule is O=C1C2=CN=CCN2C(=O)N1c1cc(Cl)cc(Cl)c1. The van der Waals surface area contributed by atoms with Crippen LogP contribution in [0.5, 0.6) is 0 Å². The van der Waals surface area contributed by atoms with Crippen molar-refractivity contribution < 1.29 is 9.59 Å². The first-order chi connectivity index (χ1) is 9.08. The number of hydrogen-bond acceptors (Lipinski definition) is 3. The molecular formula is C12H7Cl2N3O2. The van der Waals surface area contributed by atoms with Gasteiger partial charge in [-0.25, -0.2) is 9.69 Å². The molecule has 1 fully saturated rings. The first-order valence-corrected chi connectivity index (χ1v) is 6.17. The van der Waals surface area contributed by atoms with E-state index in [0.717, 1.165) is 4.90 Å². The number of urea groups is 1. The van der Waals surface area contributed by atoms with Crippen LogP contribution in [0.2, 0.25) is 10.0 Å². The van der Waals surface area contributed by atoms with Crippen molar-refractivity contribution in [1.82, 2.24) is 4.90 Å². The molecule has 2 aliphatic rings. The minimum absolute atomic E-state index is 0.253. The molecule has 0 saturated carbocycles. The van der Waals surface area contributed by atoms with Gasteiger partial charge in [0.1, 0.15) is 5.70 Å². The fourth-order valence-electron chi connectivity index (χ4n) is 1.99. The van der Waals surface area contributed by atoms with Crippen molar-refractivity contribution in [2.75, 3.05) is 11.4 Å². The molecule has 3 rings (SSSR count). The van der Waals surface area contributed by atoms with E-state index in [-0.39, 0.29) is 12.2 Å². The zero-order valence-corrected chi connectivity index (χ0v) is 11.0. The number of fused-ring (bicyclic) bond motifs is 1. The highest BCUT2D eigenvalue weighted by Gasteiger charge is 2.42. The highest BCUT2D eigenvalue weighted by molar-refractivity contribution is 6.36. The van der Waals surface area contributed by atoms with Gasteiger partial charge in [-0.15, -0.1) is 0 Å². The molecule has 0 spiro atoms. The second-order valence-electron chi connectivity index (χ2n) is 4.01. The van der Waals surface area contributed by atoms with Crippen LogP contribution in [0.15, 0.2) is 35.1 Å². The standard InChI is InChI=1S/C12H7Cl2N3O2/c13-7-3-8(14)5-9(4-7)17-11(18)10-6-15-1-2-16(10)12(17)19/h1,3-6H,2H2. The Labute approximate surface area is 118 Å². The Morgan fingerprint density at radius 1 is 1.11 bits per heavy atom. The summed E-state index contributed by atoms with van der Waals surface area (Å²) >= 11 is 11.8. The molecule has 2 heterocycles. The van der Waals surface area contributed by atoms with Crippen LogP contribution in [0.1, 0.15) is 0 Å². The van der Waals surface area contributed by atoms with Crippen molar-refractivity contribution in [2.24, 2.45) is 4.99 Å². The number of imide groups is 1. The first kappa shape index (κ1) is 12.2. The van der Waals surface area contributed by atoms with Crippen LogP contribution in [-0.2, 0) is 4.79 Å². The van der Waals surface area contributed by atoms with Gasteiger partial charge in [-0.05, 0) is 18.2 Å². The third kappa shape index (κ3) is 1.91. The lowest BCUT2D eigenvalue weighted by atomic mass is 10.3. The molecule has 19 heavy (non-hydrogen) atoms. The van der Waals surface area contributed by atoms with Crippen LogP contribution >= 0.6 is 23.2 Å². The molecule has 0 N–H and O–H groups in total. The van der Waals surface area contributed by atoms with Crippen molar-refractivity contribution in [2.45, 2.75) is 0 Å². The van der Waals surface area contributed by atoms with Gasteiger partial charge in [0, 0.05) is 16.3 Å². The van der Waals surface area contributed by atoms with Gasteiger partial charge in [-0.3, -0.25) is 14.7 Å². The van der Waals surface area contributed by atoms with Crippen LogP contribution in [0.4, 0.5) is 10.5 Å². The number of aliphatic imine (C=N–C) groups is 1. The van der Waals surface area contributed by atoms with E-state index in [4.69, 9.17) is 23.2 Å². The van der Waals surface area contributed by atoms with Crippen molar-refractivity contribution >= 4 is 47.0 Å². The largest absolute Gasteiger partial charge is 0.336 e. The normalized spacial score (nSPS) is 17.9. The second-order valence-corrected chi connectivity index (χ2v) is 4.88. The number of amides is 3. The molecule has 1 saturated heterocycles. The predicted octanol–water partition coefficient (Wildman–Crippen LogP) is 2.69. The number of benzene rings is 1. The maximum Gasteiger partial charge on any atom is 0.336 e. The van der Waals surface area contributed by atoms with Gasteiger partial charge in [-0.1, -0.05) is 23.2 Å². The summed E-state index contributed by atoms with van der Waals surface area (Å²) in [7, 11) is 0. The Morgan fingerprint density at radius 2 is 1.79 bits per heavy atom. The van der Waals surface area contributed by atoms with Gasteiger partial charge in [0.25, 0.3) is 5.91 Å². The summed E-state index contributed by atoms with van der Waals surface area (Å²) in [6.45, 7) is 0.279. The molecule has 0 radical (unpaired) electrons. The van der Waals surface area contributed by atoms with E-state index in [1.807, 2.05) is 0 Å². The molecule has 0 unspecified atom stereocenters. The lowest BCUT2D eigenvalue weighted by molar-refractivity contribution is -0.114. The topological polar surface area (TPSA) is 53.0 Å². The highest BCUT2D eigenvalue weighted by atomic mass is 35.5. The molecule has 3 amide bonds. The molecular weight excluding hydrogens is 289 g/mol. The molecule has 2 aliphatic heterocycles. The van der Waals surface area contributed by atoms with E-state index < -0.39 is 11.9 Å². The Bertz CT molecular complexity index is 634. The quantitative estimate of drug-likeness (QED) is 0.748. The molecule has 96 valence electrons. The number of anilines is 1. The third-order valence-corrected chi connectivity index (χ3v) is 3.24. The van der Waals surface area contributed by atoms with Crippen molar-refractivity contribution in [3.63, 3.8) is 0 Å². The lowest BCUT2D eigenvalue weighted by Crippen LogP contribution is -2.34. The van der Waals surface area contributed by atoms with Crippen molar-refractivity contribution in [1.29, 1.82) is 0 Å². The fourth-order valence-corrected chi connectivity index (χ4v) is 2.50. The van der Waals surface area contributed by atoms with E-state index in [9.17, 15) is 9.59 Å². The molecule has 1 aromatic carbocycles. The monoisotopic (exact) mass is 295 g/mol. The molecule has 0 aliphatic carbocycles. The fraction of sp³-hybridized carbons (Fsp3) is 0.0833. The number of carbonyl (C=O) groups is 2. The van der Waals surface area contributed by atoms with Crippen LogP contribution in [0, 0.1) is 0 Å². The molecule has 7 heteroatoms. The van der Waals surface area contributed by atoms with E-state index in [1.165, 1.54) is 29.3 Å². The predicted molar refractivity (Wildman–Crippen MR) is 72.6 cm³/mol. The summed E-state index contributed by atoms with van der Waals surface area (Å²) in [5.41, 5.74) is 0.603. The molecule has 0 bridgehead atoms. The Morgan fingerprint density at radius 3 is 2.42 bits per heavy atom. The van der Waals surface area contributed by atoms with E-state index in [0.29, 0.717) is 15.7 Å². The highest BCUT2D eigenvalue weighted by Crippen LogP contribution is 2.31. The lowest BCUT2D eigenvalue weighted by Gasteiger charge is -2.16. The van der Waals surface area contributed by atoms with Gasteiger partial charge < -0.3 is 0 Å². The summed E-state index contributed by atoms with van der Waals surface area (Å²) in [6, 6.07) is 4.14. The van der Waals surface area contributed by atoms with Gasteiger partial charge in [-0.2, -0.15) is 0 Å². The molecule has 0 aromatic heterocycles.